The summed E-state index contributed by atoms with van der Waals surface area (Å²) in [7, 11) is 0. The fourth-order valence-electron chi connectivity index (χ4n) is 4.41. The maximum Gasteiger partial charge on any atom is 0.253 e. The monoisotopic (exact) mass is 394 g/mol. The lowest BCUT2D eigenvalue weighted by Crippen LogP contribution is -2.49. The van der Waals surface area contributed by atoms with E-state index in [9.17, 15) is 14.0 Å². The van der Waals surface area contributed by atoms with Crippen LogP contribution in [0.4, 0.5) is 4.39 Å². The molecular weight excluding hydrogens is 367 g/mol. The highest BCUT2D eigenvalue weighted by Gasteiger charge is 2.45. The summed E-state index contributed by atoms with van der Waals surface area (Å²) in [6.07, 6.45) is 5.73. The smallest absolute Gasteiger partial charge is 0.253 e. The molecule has 2 aliphatic rings. The summed E-state index contributed by atoms with van der Waals surface area (Å²) in [6.45, 7) is 1.99. The van der Waals surface area contributed by atoms with Gasteiger partial charge in [0.25, 0.3) is 5.91 Å². The van der Waals surface area contributed by atoms with Crippen molar-refractivity contribution in [3.05, 3.63) is 71.0 Å². The number of nitrogens with zero attached hydrogens (tertiary/aromatic N) is 1. The first-order chi connectivity index (χ1) is 14.1. The minimum absolute atomic E-state index is 0.0631. The molecule has 1 aliphatic carbocycles. The molecular formula is C24H27FN2O2. The third-order valence-corrected chi connectivity index (χ3v) is 6.29. The van der Waals surface area contributed by atoms with E-state index in [0.29, 0.717) is 12.1 Å². The van der Waals surface area contributed by atoms with Gasteiger partial charge in [-0.25, -0.2) is 4.39 Å². The normalized spacial score (nSPS) is 18.0. The molecule has 4 rings (SSSR count). The SMILES string of the molecule is O=C(c1cccc(CNC(=O)C2(c3cccc(F)c3)CCC2)c1)N1CCCCC1. The van der Waals surface area contributed by atoms with Gasteiger partial charge in [0, 0.05) is 25.2 Å². The standard InChI is InChI=1S/C24H27FN2O2/c25-21-10-5-9-20(16-21)24(11-6-12-24)23(29)26-17-18-7-4-8-19(15-18)22(28)27-13-2-1-3-14-27/h4-5,7-10,15-16H,1-3,6,11-14,17H2,(H,26,29). The number of likely N-dealkylation sites (tertiary alicyclic amines) is 1. The van der Waals surface area contributed by atoms with E-state index in [-0.39, 0.29) is 17.6 Å². The van der Waals surface area contributed by atoms with Gasteiger partial charge in [0.1, 0.15) is 5.82 Å². The average Bonchev–Trinajstić information content (AvgIpc) is 2.72. The minimum atomic E-state index is -0.636. The quantitative estimate of drug-likeness (QED) is 0.827. The first kappa shape index (κ1) is 19.6. The van der Waals surface area contributed by atoms with Crippen LogP contribution in [-0.4, -0.2) is 29.8 Å². The van der Waals surface area contributed by atoms with Crippen molar-refractivity contribution in [1.29, 1.82) is 0 Å². The molecule has 2 aromatic carbocycles. The summed E-state index contributed by atoms with van der Waals surface area (Å²) in [5.74, 6) is -0.319. The van der Waals surface area contributed by atoms with Crippen LogP contribution in [0.15, 0.2) is 48.5 Å². The Morgan fingerprint density at radius 2 is 1.72 bits per heavy atom. The lowest BCUT2D eigenvalue weighted by Gasteiger charge is -2.40. The molecule has 2 aromatic rings. The second-order valence-electron chi connectivity index (χ2n) is 8.18. The summed E-state index contributed by atoms with van der Waals surface area (Å²) >= 11 is 0. The van der Waals surface area contributed by atoms with Gasteiger partial charge in [-0.05, 0) is 67.5 Å². The van der Waals surface area contributed by atoms with Crippen molar-refractivity contribution >= 4 is 11.8 Å². The van der Waals surface area contributed by atoms with E-state index in [1.165, 1.54) is 18.6 Å². The number of carbonyl (C=O) groups is 2. The Labute approximate surface area is 171 Å². The van der Waals surface area contributed by atoms with Crippen molar-refractivity contribution < 1.29 is 14.0 Å². The third kappa shape index (κ3) is 4.04. The van der Waals surface area contributed by atoms with Crippen molar-refractivity contribution in [1.82, 2.24) is 10.2 Å². The van der Waals surface area contributed by atoms with Crippen LogP contribution < -0.4 is 5.32 Å². The summed E-state index contributed by atoms with van der Waals surface area (Å²) < 4.78 is 13.7. The molecule has 1 saturated heterocycles. The number of nitrogens with one attached hydrogen (secondary N) is 1. The molecule has 1 saturated carbocycles. The van der Waals surface area contributed by atoms with Crippen LogP contribution in [0.3, 0.4) is 0 Å². The third-order valence-electron chi connectivity index (χ3n) is 6.29. The van der Waals surface area contributed by atoms with Gasteiger partial charge in [-0.3, -0.25) is 9.59 Å². The van der Waals surface area contributed by atoms with Gasteiger partial charge in [0.2, 0.25) is 5.91 Å². The lowest BCUT2D eigenvalue weighted by atomic mass is 9.64. The molecule has 2 amide bonds. The summed E-state index contributed by atoms with van der Waals surface area (Å²) in [5.41, 5.74) is 1.68. The Hall–Kier alpha value is -2.69. The highest BCUT2D eigenvalue weighted by atomic mass is 19.1. The van der Waals surface area contributed by atoms with Gasteiger partial charge in [-0.2, -0.15) is 0 Å². The number of hydrogen-bond acceptors (Lipinski definition) is 2. The molecule has 1 aliphatic heterocycles. The van der Waals surface area contributed by atoms with E-state index in [0.717, 1.165) is 56.3 Å². The Balaban J connectivity index is 1.43. The Morgan fingerprint density at radius 3 is 2.41 bits per heavy atom. The van der Waals surface area contributed by atoms with E-state index in [2.05, 4.69) is 5.32 Å². The predicted octanol–water partition coefficient (Wildman–Crippen LogP) is 4.19. The zero-order chi connectivity index (χ0) is 20.3. The molecule has 29 heavy (non-hydrogen) atoms. The molecule has 5 heteroatoms. The predicted molar refractivity (Wildman–Crippen MR) is 110 cm³/mol. The Kier molecular flexibility index (Phi) is 5.65. The number of rotatable bonds is 5. The molecule has 0 radical (unpaired) electrons. The van der Waals surface area contributed by atoms with E-state index in [1.807, 2.05) is 35.2 Å². The zero-order valence-electron chi connectivity index (χ0n) is 16.6. The number of piperidine rings is 1. The van der Waals surface area contributed by atoms with Crippen LogP contribution in [0.5, 0.6) is 0 Å². The molecule has 0 spiro atoms. The minimum Gasteiger partial charge on any atom is -0.351 e. The topological polar surface area (TPSA) is 49.4 Å². The highest BCUT2D eigenvalue weighted by molar-refractivity contribution is 5.94. The molecule has 2 fully saturated rings. The molecule has 1 heterocycles. The first-order valence-corrected chi connectivity index (χ1v) is 10.5. The number of benzene rings is 2. The highest BCUT2D eigenvalue weighted by Crippen LogP contribution is 2.44. The summed E-state index contributed by atoms with van der Waals surface area (Å²) in [6, 6.07) is 13.9. The molecule has 0 unspecified atom stereocenters. The van der Waals surface area contributed by atoms with E-state index in [4.69, 9.17) is 0 Å². The van der Waals surface area contributed by atoms with Crippen LogP contribution in [0.1, 0.15) is 60.0 Å². The maximum absolute atomic E-state index is 13.7. The van der Waals surface area contributed by atoms with Gasteiger partial charge >= 0.3 is 0 Å². The van der Waals surface area contributed by atoms with Crippen molar-refractivity contribution in [2.75, 3.05) is 13.1 Å². The second kappa shape index (κ2) is 8.36. The van der Waals surface area contributed by atoms with Gasteiger partial charge in [-0.15, -0.1) is 0 Å². The molecule has 1 N–H and O–H groups in total. The fraction of sp³-hybridized carbons (Fsp3) is 0.417. The van der Waals surface area contributed by atoms with Crippen LogP contribution in [0.2, 0.25) is 0 Å². The van der Waals surface area contributed by atoms with E-state index in [1.54, 1.807) is 6.07 Å². The lowest BCUT2D eigenvalue weighted by molar-refractivity contribution is -0.130. The van der Waals surface area contributed by atoms with Crippen molar-refractivity contribution in [3.8, 4) is 0 Å². The first-order valence-electron chi connectivity index (χ1n) is 10.5. The largest absolute Gasteiger partial charge is 0.351 e. The van der Waals surface area contributed by atoms with E-state index >= 15 is 0 Å². The second-order valence-corrected chi connectivity index (χ2v) is 8.18. The van der Waals surface area contributed by atoms with Gasteiger partial charge in [0.05, 0.1) is 5.41 Å². The molecule has 0 aromatic heterocycles. The number of hydrogen-bond donors (Lipinski definition) is 1. The molecule has 152 valence electrons. The zero-order valence-corrected chi connectivity index (χ0v) is 16.6. The Bertz CT molecular complexity index is 901. The number of amides is 2. The van der Waals surface area contributed by atoms with Crippen molar-refractivity contribution in [2.45, 2.75) is 50.5 Å². The Morgan fingerprint density at radius 1 is 0.966 bits per heavy atom. The maximum atomic E-state index is 13.7. The molecule has 0 atom stereocenters. The van der Waals surface area contributed by atoms with Crippen LogP contribution in [-0.2, 0) is 16.8 Å². The van der Waals surface area contributed by atoms with Crippen LogP contribution in [0.25, 0.3) is 0 Å². The molecule has 4 nitrogen and oxygen atoms in total. The van der Waals surface area contributed by atoms with Gasteiger partial charge < -0.3 is 10.2 Å². The fourth-order valence-corrected chi connectivity index (χ4v) is 4.41. The number of carbonyl (C=O) groups excluding carboxylic acids is 2. The van der Waals surface area contributed by atoms with Crippen molar-refractivity contribution in [3.63, 3.8) is 0 Å². The summed E-state index contributed by atoms with van der Waals surface area (Å²) in [5, 5.41) is 3.02. The summed E-state index contributed by atoms with van der Waals surface area (Å²) in [4.78, 5) is 27.6. The van der Waals surface area contributed by atoms with Gasteiger partial charge in [-0.1, -0.05) is 30.7 Å². The van der Waals surface area contributed by atoms with E-state index < -0.39 is 5.41 Å². The van der Waals surface area contributed by atoms with Crippen molar-refractivity contribution in [2.24, 2.45) is 0 Å². The van der Waals surface area contributed by atoms with Gasteiger partial charge in [0.15, 0.2) is 0 Å². The van der Waals surface area contributed by atoms with Crippen LogP contribution >= 0.6 is 0 Å². The van der Waals surface area contributed by atoms with Crippen LogP contribution in [0, 0.1) is 5.82 Å². The average molecular weight is 394 g/mol. The number of halogens is 1. The molecule has 0 bridgehead atoms.